The molecule has 24 heavy (non-hydrogen) atoms. The Morgan fingerprint density at radius 2 is 2.21 bits per heavy atom. The van der Waals surface area contributed by atoms with Crippen LogP contribution in [-0.4, -0.2) is 41.3 Å². The lowest BCUT2D eigenvalue weighted by Gasteiger charge is -2.35. The molecule has 0 radical (unpaired) electrons. The Kier molecular flexibility index (Phi) is 4.92. The molecule has 4 heterocycles. The molecule has 2 unspecified atom stereocenters. The van der Waals surface area contributed by atoms with E-state index in [0.29, 0.717) is 25.4 Å². The molecule has 2 aliphatic heterocycles. The summed E-state index contributed by atoms with van der Waals surface area (Å²) in [4.78, 5) is 6.81. The van der Waals surface area contributed by atoms with Crippen LogP contribution in [0.2, 0.25) is 0 Å². The molecule has 2 saturated heterocycles. The summed E-state index contributed by atoms with van der Waals surface area (Å²) in [5.41, 5.74) is 2.22. The van der Waals surface area contributed by atoms with Crippen LogP contribution in [-0.2, 0) is 22.6 Å². The highest BCUT2D eigenvalue weighted by Gasteiger charge is 2.39. The van der Waals surface area contributed by atoms with Gasteiger partial charge in [-0.1, -0.05) is 6.07 Å². The summed E-state index contributed by atoms with van der Waals surface area (Å²) in [5.74, 6) is 0. The number of hydrogen-bond acceptors (Lipinski definition) is 5. The molecule has 4 rings (SSSR count). The van der Waals surface area contributed by atoms with Gasteiger partial charge in [-0.2, -0.15) is 0 Å². The van der Waals surface area contributed by atoms with Crippen molar-refractivity contribution in [1.29, 1.82) is 0 Å². The number of furan rings is 1. The quantitative estimate of drug-likeness (QED) is 0.816. The highest BCUT2D eigenvalue weighted by Crippen LogP contribution is 2.32. The van der Waals surface area contributed by atoms with Gasteiger partial charge in [-0.15, -0.1) is 0 Å². The Morgan fingerprint density at radius 1 is 1.21 bits per heavy atom. The summed E-state index contributed by atoms with van der Waals surface area (Å²) in [6.45, 7) is 3.27. The Labute approximate surface area is 142 Å². The number of fused-ring (bicyclic) bond motifs is 1. The molecule has 2 aliphatic rings. The van der Waals surface area contributed by atoms with Gasteiger partial charge in [0.15, 0.2) is 0 Å². The van der Waals surface area contributed by atoms with E-state index in [1.165, 1.54) is 12.0 Å². The Balaban J connectivity index is 1.23. The first kappa shape index (κ1) is 15.8. The highest BCUT2D eigenvalue weighted by molar-refractivity contribution is 5.07. The average molecular weight is 328 g/mol. The second kappa shape index (κ2) is 7.47. The monoisotopic (exact) mass is 328 g/mol. The van der Waals surface area contributed by atoms with Crippen LogP contribution in [0.25, 0.3) is 0 Å². The summed E-state index contributed by atoms with van der Waals surface area (Å²) in [6, 6.07) is 8.48. The van der Waals surface area contributed by atoms with Crippen LogP contribution in [0.4, 0.5) is 0 Å². The lowest BCUT2D eigenvalue weighted by molar-refractivity contribution is -0.102. The first-order chi connectivity index (χ1) is 11.9. The lowest BCUT2D eigenvalue weighted by Crippen LogP contribution is -2.43. The van der Waals surface area contributed by atoms with Crippen molar-refractivity contribution in [2.24, 2.45) is 0 Å². The van der Waals surface area contributed by atoms with Gasteiger partial charge in [0.05, 0.1) is 43.6 Å². The molecule has 5 nitrogen and oxygen atoms in total. The van der Waals surface area contributed by atoms with Crippen LogP contribution in [0.3, 0.4) is 0 Å². The van der Waals surface area contributed by atoms with E-state index in [9.17, 15) is 0 Å². The SMILES string of the molecule is c1ccc(COC[C@@H]2CCC3C(CCN3Cc3ccoc3)O2)nc1. The van der Waals surface area contributed by atoms with Gasteiger partial charge >= 0.3 is 0 Å². The van der Waals surface area contributed by atoms with Crippen LogP contribution in [0, 0.1) is 0 Å². The van der Waals surface area contributed by atoms with Crippen LogP contribution in [0.5, 0.6) is 0 Å². The van der Waals surface area contributed by atoms with E-state index < -0.39 is 0 Å². The second-order valence-electron chi connectivity index (χ2n) is 6.67. The van der Waals surface area contributed by atoms with E-state index in [2.05, 4.69) is 9.88 Å². The van der Waals surface area contributed by atoms with E-state index >= 15 is 0 Å². The minimum atomic E-state index is 0.212. The van der Waals surface area contributed by atoms with Gasteiger partial charge in [-0.3, -0.25) is 9.88 Å². The third-order valence-electron chi connectivity index (χ3n) is 5.00. The van der Waals surface area contributed by atoms with Crippen molar-refractivity contribution in [2.45, 2.75) is 50.7 Å². The summed E-state index contributed by atoms with van der Waals surface area (Å²) < 4.78 is 17.3. The molecule has 0 spiro atoms. The van der Waals surface area contributed by atoms with Crippen molar-refractivity contribution in [3.8, 4) is 0 Å². The Hall–Kier alpha value is -1.69. The molecule has 0 aliphatic carbocycles. The van der Waals surface area contributed by atoms with Crippen LogP contribution < -0.4 is 0 Å². The number of rotatable bonds is 6. The molecule has 5 heteroatoms. The van der Waals surface area contributed by atoms with Crippen molar-refractivity contribution in [3.63, 3.8) is 0 Å². The summed E-state index contributed by atoms with van der Waals surface area (Å²) in [5, 5.41) is 0. The molecule has 2 aromatic heterocycles. The largest absolute Gasteiger partial charge is 0.472 e. The van der Waals surface area contributed by atoms with Crippen LogP contribution in [0.1, 0.15) is 30.5 Å². The second-order valence-corrected chi connectivity index (χ2v) is 6.67. The molecule has 0 saturated carbocycles. The maximum atomic E-state index is 6.29. The first-order valence-corrected chi connectivity index (χ1v) is 8.77. The fourth-order valence-electron chi connectivity index (χ4n) is 3.80. The number of pyridine rings is 1. The number of ether oxygens (including phenoxy) is 2. The zero-order chi connectivity index (χ0) is 16.2. The van der Waals surface area contributed by atoms with Gasteiger partial charge in [0, 0.05) is 30.9 Å². The Bertz CT molecular complexity index is 617. The summed E-state index contributed by atoms with van der Waals surface area (Å²) >= 11 is 0. The van der Waals surface area contributed by atoms with E-state index in [0.717, 1.165) is 31.6 Å². The third kappa shape index (κ3) is 3.69. The minimum absolute atomic E-state index is 0.212. The zero-order valence-corrected chi connectivity index (χ0v) is 13.8. The lowest BCUT2D eigenvalue weighted by atomic mass is 9.99. The maximum Gasteiger partial charge on any atom is 0.0947 e. The molecular weight excluding hydrogens is 304 g/mol. The normalized spacial score (nSPS) is 27.2. The number of hydrogen-bond donors (Lipinski definition) is 0. The maximum absolute atomic E-state index is 6.29. The standard InChI is InChI=1S/C19H24N2O3/c1-2-8-20-16(3-1)13-23-14-17-4-5-18-19(24-17)6-9-21(18)11-15-7-10-22-12-15/h1-3,7-8,10,12,17-19H,4-6,9,11,13-14H2/t17-,18?,19?/m0/s1. The van der Waals surface area contributed by atoms with Gasteiger partial charge < -0.3 is 13.9 Å². The number of aromatic nitrogens is 1. The van der Waals surface area contributed by atoms with Crippen molar-refractivity contribution in [1.82, 2.24) is 9.88 Å². The van der Waals surface area contributed by atoms with Crippen LogP contribution in [0.15, 0.2) is 47.4 Å². The number of nitrogens with zero attached hydrogens (tertiary/aromatic N) is 2. The van der Waals surface area contributed by atoms with Gasteiger partial charge in [0.1, 0.15) is 0 Å². The van der Waals surface area contributed by atoms with E-state index in [1.54, 1.807) is 12.5 Å². The Morgan fingerprint density at radius 3 is 3.04 bits per heavy atom. The molecule has 0 bridgehead atoms. The molecule has 2 fully saturated rings. The van der Waals surface area contributed by atoms with Crippen molar-refractivity contribution < 1.29 is 13.9 Å². The van der Waals surface area contributed by atoms with Gasteiger partial charge in [-0.05, 0) is 37.5 Å². The highest BCUT2D eigenvalue weighted by atomic mass is 16.5. The summed E-state index contributed by atoms with van der Waals surface area (Å²) in [6.07, 6.45) is 9.29. The topological polar surface area (TPSA) is 47.7 Å². The third-order valence-corrected chi connectivity index (χ3v) is 5.00. The fraction of sp³-hybridized carbons (Fsp3) is 0.526. The van der Waals surface area contributed by atoms with Crippen molar-refractivity contribution in [2.75, 3.05) is 13.2 Å². The summed E-state index contributed by atoms with van der Waals surface area (Å²) in [7, 11) is 0. The molecule has 2 aromatic rings. The van der Waals surface area contributed by atoms with Crippen molar-refractivity contribution in [3.05, 3.63) is 54.2 Å². The van der Waals surface area contributed by atoms with Gasteiger partial charge in [0.25, 0.3) is 0 Å². The van der Waals surface area contributed by atoms with Crippen LogP contribution >= 0.6 is 0 Å². The fourth-order valence-corrected chi connectivity index (χ4v) is 3.80. The number of likely N-dealkylation sites (tertiary alicyclic amines) is 1. The molecule has 128 valence electrons. The first-order valence-electron chi connectivity index (χ1n) is 8.77. The van der Waals surface area contributed by atoms with E-state index in [1.807, 2.05) is 30.5 Å². The smallest absolute Gasteiger partial charge is 0.0947 e. The van der Waals surface area contributed by atoms with Crippen molar-refractivity contribution >= 4 is 0 Å². The molecule has 0 aromatic carbocycles. The predicted molar refractivity (Wildman–Crippen MR) is 89.3 cm³/mol. The molecule has 3 atom stereocenters. The molecular formula is C19H24N2O3. The molecule has 0 N–H and O–H groups in total. The molecule has 0 amide bonds. The van der Waals surface area contributed by atoms with Gasteiger partial charge in [0.2, 0.25) is 0 Å². The van der Waals surface area contributed by atoms with E-state index in [4.69, 9.17) is 13.9 Å². The zero-order valence-electron chi connectivity index (χ0n) is 13.8. The van der Waals surface area contributed by atoms with E-state index in [-0.39, 0.29) is 6.10 Å². The minimum Gasteiger partial charge on any atom is -0.472 e. The van der Waals surface area contributed by atoms with Gasteiger partial charge in [-0.25, -0.2) is 0 Å². The predicted octanol–water partition coefficient (Wildman–Crippen LogP) is 3.01. The average Bonchev–Trinajstić information content (AvgIpc) is 3.26.